The number of nitrogens with zero attached hydrogens (tertiary/aromatic N) is 3. The number of primary amides is 1. The van der Waals surface area contributed by atoms with Crippen LogP contribution in [-0.4, -0.2) is 25.9 Å². The lowest BCUT2D eigenvalue weighted by Gasteiger charge is -2.05. The van der Waals surface area contributed by atoms with Crippen LogP contribution in [0.1, 0.15) is 6.92 Å². The van der Waals surface area contributed by atoms with Crippen LogP contribution in [0.15, 0.2) is 28.0 Å². The van der Waals surface area contributed by atoms with Gasteiger partial charge in [0.05, 0.1) is 11.5 Å². The molecule has 7 heteroatoms. The van der Waals surface area contributed by atoms with Crippen molar-refractivity contribution < 1.29 is 9.21 Å². The van der Waals surface area contributed by atoms with Gasteiger partial charge in [0.25, 0.3) is 0 Å². The van der Waals surface area contributed by atoms with Crippen molar-refractivity contribution in [2.45, 2.75) is 17.3 Å². The molecule has 1 amide bonds. The average Bonchev–Trinajstić information content (AvgIpc) is 2.89. The number of carbonyl (C=O) groups is 1. The molecule has 2 heterocycles. The standard InChI is InChI=1S/C10H12N4O2S/c1-6(8(11)15)17-10-13-12-9(14(10)2)7-4-3-5-16-7/h3-6H,1-2H3,(H2,11,15)/t6-/m0/s1. The lowest BCUT2D eigenvalue weighted by atomic mass is 10.4. The van der Waals surface area contributed by atoms with E-state index >= 15 is 0 Å². The number of hydrogen-bond donors (Lipinski definition) is 1. The molecule has 1 atom stereocenters. The van der Waals surface area contributed by atoms with Gasteiger partial charge < -0.3 is 14.7 Å². The number of nitrogens with two attached hydrogens (primary N) is 1. The first-order valence-electron chi connectivity index (χ1n) is 4.99. The minimum absolute atomic E-state index is 0.345. The molecule has 0 unspecified atom stereocenters. The third-order valence-electron chi connectivity index (χ3n) is 2.26. The quantitative estimate of drug-likeness (QED) is 0.821. The van der Waals surface area contributed by atoms with Gasteiger partial charge in [-0.15, -0.1) is 10.2 Å². The Morgan fingerprint density at radius 1 is 1.59 bits per heavy atom. The molecule has 90 valence electrons. The molecule has 0 saturated carbocycles. The molecule has 0 radical (unpaired) electrons. The highest BCUT2D eigenvalue weighted by Crippen LogP contribution is 2.25. The minimum Gasteiger partial charge on any atom is -0.461 e. The summed E-state index contributed by atoms with van der Waals surface area (Å²) in [5, 5.41) is 8.30. The summed E-state index contributed by atoms with van der Waals surface area (Å²) in [6, 6.07) is 3.58. The molecule has 0 fully saturated rings. The van der Waals surface area contributed by atoms with Crippen molar-refractivity contribution in [1.82, 2.24) is 14.8 Å². The summed E-state index contributed by atoms with van der Waals surface area (Å²) in [6.45, 7) is 1.73. The van der Waals surface area contributed by atoms with E-state index in [-0.39, 0.29) is 11.2 Å². The molecule has 0 aromatic carbocycles. The Balaban J connectivity index is 2.24. The summed E-state index contributed by atoms with van der Waals surface area (Å²) in [7, 11) is 1.81. The molecule has 0 saturated heterocycles. The molecule has 2 aromatic heterocycles. The fourth-order valence-electron chi connectivity index (χ4n) is 1.25. The fourth-order valence-corrected chi connectivity index (χ4v) is 2.02. The Hall–Kier alpha value is -1.76. The number of furan rings is 1. The lowest BCUT2D eigenvalue weighted by Crippen LogP contribution is -2.22. The largest absolute Gasteiger partial charge is 0.461 e. The highest BCUT2D eigenvalue weighted by Gasteiger charge is 2.18. The van der Waals surface area contributed by atoms with Crippen molar-refractivity contribution in [2.24, 2.45) is 12.8 Å². The highest BCUT2D eigenvalue weighted by molar-refractivity contribution is 8.00. The summed E-state index contributed by atoms with van der Waals surface area (Å²) >= 11 is 1.27. The van der Waals surface area contributed by atoms with Crippen molar-refractivity contribution >= 4 is 17.7 Å². The second-order valence-electron chi connectivity index (χ2n) is 3.50. The van der Waals surface area contributed by atoms with Crippen LogP contribution in [-0.2, 0) is 11.8 Å². The molecular weight excluding hydrogens is 240 g/mol. The van der Waals surface area contributed by atoms with E-state index in [4.69, 9.17) is 10.2 Å². The highest BCUT2D eigenvalue weighted by atomic mass is 32.2. The maximum Gasteiger partial charge on any atom is 0.230 e. The average molecular weight is 252 g/mol. The van der Waals surface area contributed by atoms with Crippen LogP contribution in [0.2, 0.25) is 0 Å². The third-order valence-corrected chi connectivity index (χ3v) is 3.41. The zero-order chi connectivity index (χ0) is 12.4. The van der Waals surface area contributed by atoms with Gasteiger partial charge in [0, 0.05) is 7.05 Å². The van der Waals surface area contributed by atoms with Crippen molar-refractivity contribution in [3.8, 4) is 11.6 Å². The topological polar surface area (TPSA) is 86.9 Å². The molecule has 0 aliphatic carbocycles. The van der Waals surface area contributed by atoms with E-state index < -0.39 is 0 Å². The summed E-state index contributed by atoms with van der Waals surface area (Å²) in [6.07, 6.45) is 1.57. The Bertz CT molecular complexity index is 520. The van der Waals surface area contributed by atoms with E-state index in [1.54, 1.807) is 29.9 Å². The van der Waals surface area contributed by atoms with Crippen molar-refractivity contribution in [2.75, 3.05) is 0 Å². The van der Waals surface area contributed by atoms with E-state index in [0.717, 1.165) is 0 Å². The first-order valence-corrected chi connectivity index (χ1v) is 5.87. The molecule has 17 heavy (non-hydrogen) atoms. The maximum absolute atomic E-state index is 11.0. The predicted molar refractivity (Wildman–Crippen MR) is 63.2 cm³/mol. The molecule has 0 aliphatic heterocycles. The Kier molecular flexibility index (Phi) is 3.19. The zero-order valence-electron chi connectivity index (χ0n) is 9.45. The molecule has 6 nitrogen and oxygen atoms in total. The molecule has 2 rings (SSSR count). The summed E-state index contributed by atoms with van der Waals surface area (Å²) in [4.78, 5) is 11.0. The second kappa shape index (κ2) is 4.62. The van der Waals surface area contributed by atoms with Gasteiger partial charge in [0.1, 0.15) is 0 Å². The number of aromatic nitrogens is 3. The smallest absolute Gasteiger partial charge is 0.230 e. The first kappa shape index (κ1) is 11.7. The zero-order valence-corrected chi connectivity index (χ0v) is 10.3. The first-order chi connectivity index (χ1) is 8.09. The third kappa shape index (κ3) is 2.33. The summed E-state index contributed by atoms with van der Waals surface area (Å²) < 4.78 is 7.01. The molecule has 0 aliphatic rings. The van der Waals surface area contributed by atoms with Crippen LogP contribution in [0, 0.1) is 0 Å². The monoisotopic (exact) mass is 252 g/mol. The van der Waals surface area contributed by atoms with Gasteiger partial charge in [0.2, 0.25) is 5.91 Å². The molecule has 2 aromatic rings. The Morgan fingerprint density at radius 3 is 2.94 bits per heavy atom. The minimum atomic E-state index is -0.377. The van der Waals surface area contributed by atoms with Gasteiger partial charge in [-0.05, 0) is 19.1 Å². The number of carbonyl (C=O) groups excluding carboxylic acids is 1. The van der Waals surface area contributed by atoms with Crippen molar-refractivity contribution in [3.63, 3.8) is 0 Å². The number of rotatable bonds is 4. The van der Waals surface area contributed by atoms with Crippen LogP contribution < -0.4 is 5.73 Å². The van der Waals surface area contributed by atoms with Gasteiger partial charge in [-0.3, -0.25) is 4.79 Å². The molecule has 0 bridgehead atoms. The van der Waals surface area contributed by atoms with E-state index in [1.807, 2.05) is 7.05 Å². The molecule has 2 N–H and O–H groups in total. The SMILES string of the molecule is C[C@H](Sc1nnc(-c2ccco2)n1C)C(N)=O. The van der Waals surface area contributed by atoms with E-state index in [1.165, 1.54) is 11.8 Å². The molecular formula is C10H12N4O2S. The van der Waals surface area contributed by atoms with Gasteiger partial charge in [0.15, 0.2) is 16.7 Å². The second-order valence-corrected chi connectivity index (χ2v) is 4.81. The number of hydrogen-bond acceptors (Lipinski definition) is 5. The van der Waals surface area contributed by atoms with E-state index in [0.29, 0.717) is 16.7 Å². The maximum atomic E-state index is 11.0. The summed E-state index contributed by atoms with van der Waals surface area (Å²) in [5.41, 5.74) is 5.20. The number of amides is 1. The summed E-state index contributed by atoms with van der Waals surface area (Å²) in [5.74, 6) is 0.880. The van der Waals surface area contributed by atoms with Gasteiger partial charge in [-0.1, -0.05) is 11.8 Å². The van der Waals surface area contributed by atoms with Gasteiger partial charge in [-0.25, -0.2) is 0 Å². The lowest BCUT2D eigenvalue weighted by molar-refractivity contribution is -0.117. The van der Waals surface area contributed by atoms with E-state index in [9.17, 15) is 4.79 Å². The van der Waals surface area contributed by atoms with Crippen LogP contribution >= 0.6 is 11.8 Å². The van der Waals surface area contributed by atoms with Crippen LogP contribution in [0.5, 0.6) is 0 Å². The molecule has 0 spiro atoms. The van der Waals surface area contributed by atoms with Crippen LogP contribution in [0.4, 0.5) is 0 Å². The van der Waals surface area contributed by atoms with Gasteiger partial charge in [-0.2, -0.15) is 0 Å². The Morgan fingerprint density at radius 2 is 2.35 bits per heavy atom. The van der Waals surface area contributed by atoms with Crippen LogP contribution in [0.25, 0.3) is 11.6 Å². The van der Waals surface area contributed by atoms with Crippen molar-refractivity contribution in [1.29, 1.82) is 0 Å². The van der Waals surface area contributed by atoms with Gasteiger partial charge >= 0.3 is 0 Å². The predicted octanol–water partition coefficient (Wildman–Crippen LogP) is 1.04. The fraction of sp³-hybridized carbons (Fsp3) is 0.300. The van der Waals surface area contributed by atoms with Crippen LogP contribution in [0.3, 0.4) is 0 Å². The normalized spacial score (nSPS) is 12.6. The van der Waals surface area contributed by atoms with Crippen molar-refractivity contribution in [3.05, 3.63) is 18.4 Å². The Labute approximate surface area is 102 Å². The van der Waals surface area contributed by atoms with E-state index in [2.05, 4.69) is 10.2 Å². The number of thioether (sulfide) groups is 1.